The molecule has 10 heteroatoms. The molecule has 5 unspecified atom stereocenters. The second kappa shape index (κ2) is 8.41. The number of rotatable bonds is 6. The van der Waals surface area contributed by atoms with Gasteiger partial charge in [0, 0.05) is 20.0 Å². The van der Waals surface area contributed by atoms with E-state index >= 15 is 0 Å². The lowest BCUT2D eigenvalue weighted by atomic mass is 9.88. The third-order valence-electron chi connectivity index (χ3n) is 4.14. The second-order valence-electron chi connectivity index (χ2n) is 6.04. The summed E-state index contributed by atoms with van der Waals surface area (Å²) < 4.78 is 20.7. The fourth-order valence-electron chi connectivity index (χ4n) is 2.63. The smallest absolute Gasteiger partial charge is 0.302 e. The molecule has 0 radical (unpaired) electrons. The number of esters is 1. The average molecular weight is 364 g/mol. The van der Waals surface area contributed by atoms with Crippen LogP contribution in [0.2, 0.25) is 0 Å². The van der Waals surface area contributed by atoms with E-state index in [1.165, 1.54) is 13.0 Å². The van der Waals surface area contributed by atoms with Crippen LogP contribution in [-0.4, -0.2) is 94.2 Å². The number of aliphatic hydroxyl groups excluding tert-OH is 4. The van der Waals surface area contributed by atoms with E-state index in [0.717, 1.165) is 0 Å². The van der Waals surface area contributed by atoms with Gasteiger partial charge in [0.1, 0.15) is 42.4 Å². The molecule has 144 valence electrons. The van der Waals surface area contributed by atoms with Crippen molar-refractivity contribution in [3.8, 4) is 0 Å². The van der Waals surface area contributed by atoms with Crippen LogP contribution in [0.25, 0.3) is 0 Å². The Kier molecular flexibility index (Phi) is 6.74. The molecule has 0 spiro atoms. The predicted octanol–water partition coefficient (Wildman–Crippen LogP) is -2.60. The molecular weight excluding hydrogens is 340 g/mol. The summed E-state index contributed by atoms with van der Waals surface area (Å²) in [5.41, 5.74) is -1.80. The molecule has 1 fully saturated rings. The maximum absolute atomic E-state index is 10.9. The van der Waals surface area contributed by atoms with Gasteiger partial charge in [-0.1, -0.05) is 0 Å². The van der Waals surface area contributed by atoms with Gasteiger partial charge in [-0.25, -0.2) is 0 Å². The van der Waals surface area contributed by atoms with E-state index in [-0.39, 0.29) is 32.0 Å². The molecule has 0 saturated carbocycles. The summed E-state index contributed by atoms with van der Waals surface area (Å²) >= 11 is 0. The molecule has 2 heterocycles. The highest BCUT2D eigenvalue weighted by Gasteiger charge is 2.49. The highest BCUT2D eigenvalue weighted by molar-refractivity contribution is 5.65. The summed E-state index contributed by atoms with van der Waals surface area (Å²) in [5, 5.41) is 49.5. The summed E-state index contributed by atoms with van der Waals surface area (Å²) in [6, 6.07) is 0. The average Bonchev–Trinajstić information content (AvgIpc) is 2.56. The van der Waals surface area contributed by atoms with Crippen LogP contribution in [0.4, 0.5) is 0 Å². The zero-order chi connectivity index (χ0) is 18.6. The number of carbonyl (C=O) groups excluding carboxylic acids is 1. The molecule has 0 aromatic heterocycles. The Bertz CT molecular complexity index is 495. The van der Waals surface area contributed by atoms with Crippen LogP contribution in [0.1, 0.15) is 13.3 Å². The fourth-order valence-corrected chi connectivity index (χ4v) is 2.63. The van der Waals surface area contributed by atoms with Crippen molar-refractivity contribution in [3.05, 3.63) is 11.8 Å². The Hall–Kier alpha value is -1.27. The van der Waals surface area contributed by atoms with Gasteiger partial charge in [-0.3, -0.25) is 4.79 Å². The Morgan fingerprint density at radius 3 is 2.72 bits per heavy atom. The molecule has 5 N–H and O–H groups in total. The van der Waals surface area contributed by atoms with E-state index in [2.05, 4.69) is 0 Å². The van der Waals surface area contributed by atoms with Crippen molar-refractivity contribution in [2.24, 2.45) is 0 Å². The summed E-state index contributed by atoms with van der Waals surface area (Å²) in [6.07, 6.45) is -5.41. The van der Waals surface area contributed by atoms with Crippen molar-refractivity contribution in [2.45, 2.75) is 49.7 Å². The molecule has 0 amide bonds. The Morgan fingerprint density at radius 1 is 1.36 bits per heavy atom. The number of hydrogen-bond donors (Lipinski definition) is 5. The highest BCUT2D eigenvalue weighted by atomic mass is 16.7. The van der Waals surface area contributed by atoms with Gasteiger partial charge in [0.15, 0.2) is 0 Å². The van der Waals surface area contributed by atoms with Crippen LogP contribution in [0.5, 0.6) is 0 Å². The van der Waals surface area contributed by atoms with Gasteiger partial charge < -0.3 is 44.5 Å². The molecule has 10 nitrogen and oxygen atoms in total. The van der Waals surface area contributed by atoms with Gasteiger partial charge >= 0.3 is 5.97 Å². The van der Waals surface area contributed by atoms with E-state index in [1.54, 1.807) is 0 Å². The quantitative estimate of drug-likeness (QED) is 0.317. The van der Waals surface area contributed by atoms with Crippen molar-refractivity contribution in [1.82, 2.24) is 0 Å². The van der Waals surface area contributed by atoms with Gasteiger partial charge in [0.05, 0.1) is 13.2 Å². The van der Waals surface area contributed by atoms with E-state index in [1.807, 2.05) is 0 Å². The van der Waals surface area contributed by atoms with E-state index in [0.29, 0.717) is 0 Å². The molecule has 0 aliphatic carbocycles. The summed E-state index contributed by atoms with van der Waals surface area (Å²) in [4.78, 5) is 10.9. The maximum Gasteiger partial charge on any atom is 0.302 e. The SMILES string of the molecule is CC(=O)OCC1OCC=C(OC2OC[C@@](O)(CCO)C(O)C2O)C1O. The first-order valence-electron chi connectivity index (χ1n) is 7.89. The molecule has 2 aliphatic rings. The largest absolute Gasteiger partial charge is 0.464 e. The van der Waals surface area contributed by atoms with E-state index < -0.39 is 48.9 Å². The zero-order valence-electron chi connectivity index (χ0n) is 13.8. The van der Waals surface area contributed by atoms with Gasteiger partial charge in [0.25, 0.3) is 0 Å². The Balaban J connectivity index is 1.97. The lowest BCUT2D eigenvalue weighted by Crippen LogP contribution is -2.62. The first kappa shape index (κ1) is 20.0. The molecule has 0 aromatic rings. The van der Waals surface area contributed by atoms with Crippen LogP contribution >= 0.6 is 0 Å². The summed E-state index contributed by atoms with van der Waals surface area (Å²) in [7, 11) is 0. The topological polar surface area (TPSA) is 155 Å². The van der Waals surface area contributed by atoms with Crippen molar-refractivity contribution < 1.29 is 49.3 Å². The standard InChI is InChI=1S/C15H24O10/c1-8(17)23-6-10-11(18)9(2-5-22-10)25-14-12(19)13(20)15(21,3-4-16)7-24-14/h2,10-14,16,18-21H,3-7H2,1H3/t10?,11?,12?,13?,14?,15-/m0/s1. The Morgan fingerprint density at radius 2 is 2.08 bits per heavy atom. The van der Waals surface area contributed by atoms with Crippen molar-refractivity contribution >= 4 is 5.97 Å². The van der Waals surface area contributed by atoms with Crippen LogP contribution in [-0.2, 0) is 23.7 Å². The van der Waals surface area contributed by atoms with Crippen LogP contribution < -0.4 is 0 Å². The summed E-state index contributed by atoms with van der Waals surface area (Å²) in [6.45, 7) is 0.368. The molecule has 25 heavy (non-hydrogen) atoms. The fraction of sp³-hybridized carbons (Fsp3) is 0.800. The second-order valence-corrected chi connectivity index (χ2v) is 6.04. The first-order chi connectivity index (χ1) is 11.8. The number of aliphatic hydroxyl groups is 5. The number of carbonyl (C=O) groups is 1. The molecule has 2 aliphatic heterocycles. The van der Waals surface area contributed by atoms with E-state index in [9.17, 15) is 25.2 Å². The van der Waals surface area contributed by atoms with Crippen molar-refractivity contribution in [2.75, 3.05) is 26.4 Å². The lowest BCUT2D eigenvalue weighted by Gasteiger charge is -2.43. The lowest BCUT2D eigenvalue weighted by molar-refractivity contribution is -0.295. The molecule has 6 atom stereocenters. The van der Waals surface area contributed by atoms with Crippen molar-refractivity contribution in [3.63, 3.8) is 0 Å². The monoisotopic (exact) mass is 364 g/mol. The van der Waals surface area contributed by atoms with Crippen LogP contribution in [0.3, 0.4) is 0 Å². The molecule has 0 bridgehead atoms. The van der Waals surface area contributed by atoms with Crippen molar-refractivity contribution in [1.29, 1.82) is 0 Å². The minimum Gasteiger partial charge on any atom is -0.464 e. The first-order valence-corrected chi connectivity index (χ1v) is 7.89. The van der Waals surface area contributed by atoms with Crippen LogP contribution in [0.15, 0.2) is 11.8 Å². The van der Waals surface area contributed by atoms with Crippen LogP contribution in [0, 0.1) is 0 Å². The molecule has 2 rings (SSSR count). The van der Waals surface area contributed by atoms with Gasteiger partial charge in [-0.2, -0.15) is 0 Å². The van der Waals surface area contributed by atoms with Gasteiger partial charge in [-0.15, -0.1) is 0 Å². The minimum absolute atomic E-state index is 0.0345. The predicted molar refractivity (Wildman–Crippen MR) is 80.0 cm³/mol. The molecule has 1 saturated heterocycles. The highest BCUT2D eigenvalue weighted by Crippen LogP contribution is 2.30. The van der Waals surface area contributed by atoms with Gasteiger partial charge in [0.2, 0.25) is 6.29 Å². The normalized spacial score (nSPS) is 38.8. The molecule has 0 aromatic carbocycles. The zero-order valence-corrected chi connectivity index (χ0v) is 13.8. The third kappa shape index (κ3) is 4.67. The van der Waals surface area contributed by atoms with E-state index in [4.69, 9.17) is 24.1 Å². The molecular formula is C15H24O10. The third-order valence-corrected chi connectivity index (χ3v) is 4.14. The number of ether oxygens (including phenoxy) is 4. The minimum atomic E-state index is -1.80. The van der Waals surface area contributed by atoms with Gasteiger partial charge in [-0.05, 0) is 6.08 Å². The number of hydrogen-bond acceptors (Lipinski definition) is 10. The maximum atomic E-state index is 10.9. The Labute approximate surface area is 144 Å². The summed E-state index contributed by atoms with van der Waals surface area (Å²) in [5.74, 6) is -0.489.